The molecule has 1 saturated heterocycles. The lowest BCUT2D eigenvalue weighted by atomic mass is 9.92. The number of carbonyl (C=O) groups excluding carboxylic acids is 3. The smallest absolute Gasteiger partial charge is 0.325 e. The first-order valence-corrected chi connectivity index (χ1v) is 8.52. The highest BCUT2D eigenvalue weighted by Crippen LogP contribution is 2.28. The predicted molar refractivity (Wildman–Crippen MR) is 92.7 cm³/mol. The Morgan fingerprint density at radius 1 is 1.31 bits per heavy atom. The van der Waals surface area contributed by atoms with Crippen molar-refractivity contribution in [3.05, 3.63) is 35.6 Å². The minimum absolute atomic E-state index is 0.126. The van der Waals surface area contributed by atoms with Gasteiger partial charge in [0.15, 0.2) is 0 Å². The van der Waals surface area contributed by atoms with Gasteiger partial charge in [0, 0.05) is 13.2 Å². The molecule has 2 N–H and O–H groups in total. The number of rotatable bonds is 8. The minimum atomic E-state index is -1.32. The molecule has 7 nitrogen and oxygen atoms in total. The summed E-state index contributed by atoms with van der Waals surface area (Å²) in [4.78, 5) is 37.7. The fraction of sp³-hybridized carbons (Fsp3) is 0.500. The lowest BCUT2D eigenvalue weighted by Gasteiger charge is -2.22. The first kappa shape index (κ1) is 19.8. The molecule has 0 spiro atoms. The van der Waals surface area contributed by atoms with Crippen LogP contribution in [-0.4, -0.2) is 48.5 Å². The van der Waals surface area contributed by atoms with E-state index in [0.29, 0.717) is 25.1 Å². The number of nitrogens with one attached hydrogen (secondary N) is 2. The fourth-order valence-corrected chi connectivity index (χ4v) is 2.64. The summed E-state index contributed by atoms with van der Waals surface area (Å²) in [5.41, 5.74) is -0.873. The van der Waals surface area contributed by atoms with Gasteiger partial charge >= 0.3 is 6.03 Å². The summed E-state index contributed by atoms with van der Waals surface area (Å²) in [6.07, 6.45) is 0.762. The number of hydrogen-bond acceptors (Lipinski definition) is 4. The SMILES string of the molecule is CC(C)OCCCNC(=O)CN1C(=O)N[C@](C)(c2ccc(F)cc2)C1=O. The molecule has 0 saturated carbocycles. The molecule has 1 aliphatic heterocycles. The predicted octanol–water partition coefficient (Wildman–Crippen LogP) is 1.52. The molecular weight excluding hydrogens is 341 g/mol. The molecule has 1 aromatic rings. The van der Waals surface area contributed by atoms with Gasteiger partial charge in [-0.2, -0.15) is 0 Å². The summed E-state index contributed by atoms with van der Waals surface area (Å²) in [7, 11) is 0. The largest absolute Gasteiger partial charge is 0.379 e. The molecule has 1 fully saturated rings. The summed E-state index contributed by atoms with van der Waals surface area (Å²) in [5, 5.41) is 5.23. The second-order valence-electron chi connectivity index (χ2n) is 6.58. The monoisotopic (exact) mass is 365 g/mol. The molecule has 26 heavy (non-hydrogen) atoms. The highest BCUT2D eigenvalue weighted by atomic mass is 19.1. The van der Waals surface area contributed by atoms with Crippen LogP contribution in [0.2, 0.25) is 0 Å². The van der Waals surface area contributed by atoms with Gasteiger partial charge in [0.25, 0.3) is 5.91 Å². The lowest BCUT2D eigenvalue weighted by Crippen LogP contribution is -2.43. The van der Waals surface area contributed by atoms with Crippen LogP contribution in [0.5, 0.6) is 0 Å². The van der Waals surface area contributed by atoms with E-state index in [2.05, 4.69) is 10.6 Å². The third kappa shape index (κ3) is 4.57. The lowest BCUT2D eigenvalue weighted by molar-refractivity contribution is -0.134. The highest BCUT2D eigenvalue weighted by Gasteiger charge is 2.49. The van der Waals surface area contributed by atoms with Crippen molar-refractivity contribution < 1.29 is 23.5 Å². The van der Waals surface area contributed by atoms with Crippen LogP contribution in [-0.2, 0) is 19.9 Å². The normalized spacial score (nSPS) is 19.8. The summed E-state index contributed by atoms with van der Waals surface area (Å²) < 4.78 is 18.5. The number of amides is 4. The van der Waals surface area contributed by atoms with Crippen LogP contribution < -0.4 is 10.6 Å². The first-order chi connectivity index (χ1) is 12.2. The Morgan fingerprint density at radius 3 is 2.58 bits per heavy atom. The minimum Gasteiger partial charge on any atom is -0.379 e. The number of carbonyl (C=O) groups is 3. The molecule has 1 aliphatic rings. The standard InChI is InChI=1S/C18H24FN3O4/c1-12(2)26-10-4-9-20-15(23)11-22-16(24)18(3,21-17(22)25)13-5-7-14(19)8-6-13/h5-8,12H,4,9-11H2,1-3H3,(H,20,23)(H,21,25)/t18-/m1/s1. The van der Waals surface area contributed by atoms with E-state index in [9.17, 15) is 18.8 Å². The van der Waals surface area contributed by atoms with Crippen molar-refractivity contribution in [2.75, 3.05) is 19.7 Å². The number of imide groups is 1. The number of hydrogen-bond donors (Lipinski definition) is 2. The van der Waals surface area contributed by atoms with E-state index in [0.717, 1.165) is 4.90 Å². The molecular formula is C18H24FN3O4. The molecule has 1 heterocycles. The third-order valence-electron chi connectivity index (χ3n) is 4.09. The highest BCUT2D eigenvalue weighted by molar-refractivity contribution is 6.09. The summed E-state index contributed by atoms with van der Waals surface area (Å²) in [5.74, 6) is -1.42. The van der Waals surface area contributed by atoms with E-state index in [4.69, 9.17) is 4.74 Å². The first-order valence-electron chi connectivity index (χ1n) is 8.52. The number of halogens is 1. The Hall–Kier alpha value is -2.48. The average molecular weight is 365 g/mol. The third-order valence-corrected chi connectivity index (χ3v) is 4.09. The Kier molecular flexibility index (Phi) is 6.31. The van der Waals surface area contributed by atoms with Gasteiger partial charge in [-0.05, 0) is 44.9 Å². The molecule has 0 aromatic heterocycles. The van der Waals surface area contributed by atoms with Crippen LogP contribution in [0.25, 0.3) is 0 Å². The van der Waals surface area contributed by atoms with Crippen LogP contribution in [0.3, 0.4) is 0 Å². The van der Waals surface area contributed by atoms with Crippen molar-refractivity contribution in [3.63, 3.8) is 0 Å². The number of nitrogens with zero attached hydrogens (tertiary/aromatic N) is 1. The zero-order chi connectivity index (χ0) is 19.3. The second-order valence-corrected chi connectivity index (χ2v) is 6.58. The number of ether oxygens (including phenoxy) is 1. The molecule has 2 rings (SSSR count). The van der Waals surface area contributed by atoms with Gasteiger partial charge in [0.2, 0.25) is 5.91 Å². The number of urea groups is 1. The maximum absolute atomic E-state index is 13.1. The molecule has 4 amide bonds. The van der Waals surface area contributed by atoms with Gasteiger partial charge in [-0.3, -0.25) is 14.5 Å². The van der Waals surface area contributed by atoms with Crippen molar-refractivity contribution in [1.29, 1.82) is 0 Å². The Morgan fingerprint density at radius 2 is 1.96 bits per heavy atom. The maximum atomic E-state index is 13.1. The van der Waals surface area contributed by atoms with Crippen LogP contribution in [0, 0.1) is 5.82 Å². The van der Waals surface area contributed by atoms with E-state index >= 15 is 0 Å². The maximum Gasteiger partial charge on any atom is 0.325 e. The van der Waals surface area contributed by atoms with E-state index in [1.807, 2.05) is 13.8 Å². The van der Waals surface area contributed by atoms with Crippen LogP contribution in [0.4, 0.5) is 9.18 Å². The quantitative estimate of drug-likeness (QED) is 0.540. The van der Waals surface area contributed by atoms with Gasteiger partial charge in [-0.25, -0.2) is 9.18 Å². The fourth-order valence-electron chi connectivity index (χ4n) is 2.64. The molecule has 0 aliphatic carbocycles. The molecule has 1 atom stereocenters. The van der Waals surface area contributed by atoms with Crippen molar-refractivity contribution in [2.45, 2.75) is 38.8 Å². The van der Waals surface area contributed by atoms with Gasteiger partial charge in [-0.1, -0.05) is 12.1 Å². The van der Waals surface area contributed by atoms with Crippen molar-refractivity contribution in [1.82, 2.24) is 15.5 Å². The van der Waals surface area contributed by atoms with Crippen molar-refractivity contribution >= 4 is 17.8 Å². The van der Waals surface area contributed by atoms with Gasteiger partial charge in [0.1, 0.15) is 17.9 Å². The topological polar surface area (TPSA) is 87.7 Å². The zero-order valence-corrected chi connectivity index (χ0v) is 15.2. The summed E-state index contributed by atoms with van der Waals surface area (Å²) >= 11 is 0. The Balaban J connectivity index is 1.92. The molecule has 0 unspecified atom stereocenters. The molecule has 0 bridgehead atoms. The van der Waals surface area contributed by atoms with E-state index in [1.165, 1.54) is 31.2 Å². The van der Waals surface area contributed by atoms with E-state index in [1.54, 1.807) is 0 Å². The Labute approximate surface area is 151 Å². The molecule has 1 aromatic carbocycles. The molecule has 0 radical (unpaired) electrons. The van der Waals surface area contributed by atoms with Crippen LogP contribution in [0.15, 0.2) is 24.3 Å². The van der Waals surface area contributed by atoms with E-state index < -0.39 is 29.2 Å². The molecule has 8 heteroatoms. The summed E-state index contributed by atoms with van der Waals surface area (Å²) in [6.45, 7) is 5.92. The second kappa shape index (κ2) is 8.27. The van der Waals surface area contributed by atoms with E-state index in [-0.39, 0.29) is 12.6 Å². The Bertz CT molecular complexity index is 678. The van der Waals surface area contributed by atoms with Crippen LogP contribution >= 0.6 is 0 Å². The average Bonchev–Trinajstić information content (AvgIpc) is 2.79. The van der Waals surface area contributed by atoms with Gasteiger partial charge in [0.05, 0.1) is 6.10 Å². The van der Waals surface area contributed by atoms with Crippen molar-refractivity contribution in [2.24, 2.45) is 0 Å². The number of benzene rings is 1. The molecule has 142 valence electrons. The van der Waals surface area contributed by atoms with Crippen LogP contribution in [0.1, 0.15) is 32.8 Å². The van der Waals surface area contributed by atoms with Crippen molar-refractivity contribution in [3.8, 4) is 0 Å². The summed E-state index contributed by atoms with van der Waals surface area (Å²) in [6, 6.07) is 4.65. The zero-order valence-electron chi connectivity index (χ0n) is 15.2. The van der Waals surface area contributed by atoms with Gasteiger partial charge < -0.3 is 15.4 Å². The van der Waals surface area contributed by atoms with Gasteiger partial charge in [-0.15, -0.1) is 0 Å².